The quantitative estimate of drug-likeness (QED) is 0.639. The van der Waals surface area contributed by atoms with Crippen LogP contribution in [0.2, 0.25) is 5.02 Å². The van der Waals surface area contributed by atoms with Gasteiger partial charge in [0.25, 0.3) is 5.91 Å². The van der Waals surface area contributed by atoms with Crippen molar-refractivity contribution in [3.63, 3.8) is 0 Å². The number of carbonyl (C=O) groups excluding carboxylic acids is 1. The van der Waals surface area contributed by atoms with Gasteiger partial charge in [0, 0.05) is 30.6 Å². The van der Waals surface area contributed by atoms with E-state index in [1.54, 1.807) is 12.1 Å². The van der Waals surface area contributed by atoms with Gasteiger partial charge in [-0.1, -0.05) is 11.6 Å². The lowest BCUT2D eigenvalue weighted by molar-refractivity contribution is -0.0172. The van der Waals surface area contributed by atoms with Gasteiger partial charge in [0.05, 0.1) is 30.0 Å². The highest BCUT2D eigenvalue weighted by molar-refractivity contribution is 6.33. The van der Waals surface area contributed by atoms with Gasteiger partial charge in [-0.05, 0) is 42.3 Å². The van der Waals surface area contributed by atoms with Crippen LogP contribution < -0.4 is 14.8 Å². The Hall–Kier alpha value is -3.03. The van der Waals surface area contributed by atoms with E-state index in [1.165, 1.54) is 19.2 Å². The van der Waals surface area contributed by atoms with Crippen LogP contribution in [0.25, 0.3) is 5.69 Å². The molecule has 0 spiro atoms. The van der Waals surface area contributed by atoms with Crippen LogP contribution in [-0.4, -0.2) is 30.9 Å². The van der Waals surface area contributed by atoms with E-state index in [9.17, 15) is 9.18 Å². The topological polar surface area (TPSA) is 61.7 Å². The number of methoxy groups -OCH3 is 1. The zero-order valence-corrected chi connectivity index (χ0v) is 17.0. The van der Waals surface area contributed by atoms with Gasteiger partial charge < -0.3 is 24.1 Å². The van der Waals surface area contributed by atoms with Gasteiger partial charge in [0.2, 0.25) is 0 Å². The van der Waals surface area contributed by atoms with Crippen molar-refractivity contribution >= 4 is 17.5 Å². The molecular formula is C22H20ClFN2O4. The summed E-state index contributed by atoms with van der Waals surface area (Å²) in [7, 11) is 1.50. The van der Waals surface area contributed by atoms with Gasteiger partial charge in [-0.2, -0.15) is 0 Å². The average molecular weight is 431 g/mol. The van der Waals surface area contributed by atoms with Crippen molar-refractivity contribution < 1.29 is 23.4 Å². The number of carbonyl (C=O) groups is 1. The van der Waals surface area contributed by atoms with E-state index in [1.807, 2.05) is 29.1 Å². The first-order valence-corrected chi connectivity index (χ1v) is 9.75. The molecule has 4 rings (SSSR count). The maximum absolute atomic E-state index is 13.9. The molecule has 1 aliphatic heterocycles. The van der Waals surface area contributed by atoms with Crippen molar-refractivity contribution in [3.8, 4) is 17.2 Å². The molecule has 1 aromatic heterocycles. The third-order valence-corrected chi connectivity index (χ3v) is 5.13. The Bertz CT molecular complexity index is 1070. The van der Waals surface area contributed by atoms with Crippen LogP contribution in [0.1, 0.15) is 21.5 Å². The molecule has 0 fully saturated rings. The number of amides is 1. The Morgan fingerprint density at radius 1 is 1.27 bits per heavy atom. The number of hydrogen-bond donors (Lipinski definition) is 1. The second-order valence-corrected chi connectivity index (χ2v) is 7.17. The number of benzene rings is 2. The molecule has 1 N–H and O–H groups in total. The second-order valence-electron chi connectivity index (χ2n) is 6.76. The summed E-state index contributed by atoms with van der Waals surface area (Å²) in [5, 5.41) is 3.26. The first kappa shape index (κ1) is 20.3. The molecule has 0 aliphatic carbocycles. The van der Waals surface area contributed by atoms with Crippen LogP contribution >= 0.6 is 11.6 Å². The largest absolute Gasteiger partial charge is 0.496 e. The number of nitrogens with zero attached hydrogens (tertiary/aromatic N) is 1. The van der Waals surface area contributed by atoms with Crippen LogP contribution in [0.3, 0.4) is 0 Å². The predicted molar refractivity (Wildman–Crippen MR) is 110 cm³/mol. The summed E-state index contributed by atoms with van der Waals surface area (Å²) in [6.07, 6.45) is 4.11. The molecule has 30 heavy (non-hydrogen) atoms. The highest BCUT2D eigenvalue weighted by atomic mass is 35.5. The number of rotatable bonds is 6. The monoisotopic (exact) mass is 430 g/mol. The highest BCUT2D eigenvalue weighted by Gasteiger charge is 2.19. The van der Waals surface area contributed by atoms with Crippen molar-refractivity contribution in [2.24, 2.45) is 0 Å². The first-order valence-electron chi connectivity index (χ1n) is 9.37. The van der Waals surface area contributed by atoms with E-state index in [2.05, 4.69) is 5.32 Å². The van der Waals surface area contributed by atoms with Gasteiger partial charge in [-0.3, -0.25) is 4.79 Å². The van der Waals surface area contributed by atoms with Crippen molar-refractivity contribution in [1.82, 2.24) is 9.88 Å². The molecule has 2 aromatic carbocycles. The smallest absolute Gasteiger partial charge is 0.255 e. The molecule has 8 heteroatoms. The summed E-state index contributed by atoms with van der Waals surface area (Å²) in [5.41, 5.74) is 2.38. The van der Waals surface area contributed by atoms with E-state index < -0.39 is 0 Å². The van der Waals surface area contributed by atoms with Crippen LogP contribution in [0, 0.1) is 5.82 Å². The standard InChI is InChI=1S/C22H20ClFN2O4/c1-28-20-11-19(26-6-2-3-7-26)18(23)10-17(20)22(27)25-5-4-14-8-16(24)9-15-12-29-13-30-21(14)15/h2-3,6-11H,4-5,12-13H2,1H3,(H,25,27). The molecule has 0 saturated carbocycles. The summed E-state index contributed by atoms with van der Waals surface area (Å²) in [4.78, 5) is 12.7. The minimum absolute atomic E-state index is 0.126. The lowest BCUT2D eigenvalue weighted by Crippen LogP contribution is -2.26. The molecule has 2 heterocycles. The summed E-state index contributed by atoms with van der Waals surface area (Å²) in [5.74, 6) is 0.332. The van der Waals surface area contributed by atoms with E-state index in [4.69, 9.17) is 25.8 Å². The van der Waals surface area contributed by atoms with Crippen molar-refractivity contribution in [1.29, 1.82) is 0 Å². The Kier molecular flexibility index (Phi) is 5.92. The zero-order chi connectivity index (χ0) is 21.1. The predicted octanol–water partition coefficient (Wildman–Crippen LogP) is 4.12. The van der Waals surface area contributed by atoms with Crippen molar-refractivity contribution in [2.75, 3.05) is 20.4 Å². The number of ether oxygens (including phenoxy) is 3. The molecule has 0 radical (unpaired) electrons. The first-order chi connectivity index (χ1) is 14.6. The minimum atomic E-state index is -0.363. The van der Waals surface area contributed by atoms with E-state index in [0.29, 0.717) is 58.5 Å². The molecule has 0 bridgehead atoms. The normalized spacial score (nSPS) is 12.8. The number of hydrogen-bond acceptors (Lipinski definition) is 4. The fraction of sp³-hybridized carbons (Fsp3) is 0.227. The number of halogens is 2. The zero-order valence-electron chi connectivity index (χ0n) is 16.3. The van der Waals surface area contributed by atoms with Crippen LogP contribution in [0.5, 0.6) is 11.5 Å². The Balaban J connectivity index is 1.49. The molecule has 156 valence electrons. The maximum Gasteiger partial charge on any atom is 0.255 e. The molecule has 0 atom stereocenters. The molecule has 1 amide bonds. The Morgan fingerprint density at radius 3 is 2.83 bits per heavy atom. The average Bonchev–Trinajstić information content (AvgIpc) is 3.28. The van der Waals surface area contributed by atoms with Crippen molar-refractivity contribution in [2.45, 2.75) is 13.0 Å². The molecule has 3 aromatic rings. The lowest BCUT2D eigenvalue weighted by atomic mass is 10.1. The van der Waals surface area contributed by atoms with E-state index in [0.717, 1.165) is 0 Å². The fourth-order valence-corrected chi connectivity index (χ4v) is 3.69. The van der Waals surface area contributed by atoms with Gasteiger partial charge in [0.15, 0.2) is 6.79 Å². The summed E-state index contributed by atoms with van der Waals surface area (Å²) < 4.78 is 31.8. The lowest BCUT2D eigenvalue weighted by Gasteiger charge is -2.21. The third-order valence-electron chi connectivity index (χ3n) is 4.83. The Morgan fingerprint density at radius 2 is 2.07 bits per heavy atom. The van der Waals surface area contributed by atoms with Crippen LogP contribution in [-0.2, 0) is 17.8 Å². The number of fused-ring (bicyclic) bond motifs is 1. The Labute approximate surface area is 178 Å². The van der Waals surface area contributed by atoms with Gasteiger partial charge in [-0.15, -0.1) is 0 Å². The van der Waals surface area contributed by atoms with E-state index in [-0.39, 0.29) is 18.5 Å². The summed E-state index contributed by atoms with van der Waals surface area (Å²) >= 11 is 6.39. The molecule has 1 aliphatic rings. The third kappa shape index (κ3) is 4.13. The number of nitrogens with one attached hydrogen (secondary N) is 1. The SMILES string of the molecule is COc1cc(-n2cccc2)c(Cl)cc1C(=O)NCCc1cc(F)cc2c1OCOC2. The minimum Gasteiger partial charge on any atom is -0.496 e. The van der Waals surface area contributed by atoms with Gasteiger partial charge >= 0.3 is 0 Å². The fourth-order valence-electron chi connectivity index (χ4n) is 3.43. The van der Waals surface area contributed by atoms with Gasteiger partial charge in [-0.25, -0.2) is 4.39 Å². The summed E-state index contributed by atoms with van der Waals surface area (Å²) in [6.45, 7) is 0.719. The van der Waals surface area contributed by atoms with E-state index >= 15 is 0 Å². The molecule has 6 nitrogen and oxygen atoms in total. The highest BCUT2D eigenvalue weighted by Crippen LogP contribution is 2.31. The second kappa shape index (κ2) is 8.77. The van der Waals surface area contributed by atoms with Crippen LogP contribution in [0.15, 0.2) is 48.8 Å². The maximum atomic E-state index is 13.9. The van der Waals surface area contributed by atoms with Gasteiger partial charge in [0.1, 0.15) is 17.3 Å². The number of aromatic nitrogens is 1. The molecule has 0 saturated heterocycles. The molecular weight excluding hydrogens is 411 g/mol. The van der Waals surface area contributed by atoms with Crippen molar-refractivity contribution in [3.05, 3.63) is 76.3 Å². The summed E-state index contributed by atoms with van der Waals surface area (Å²) in [6, 6.07) is 9.87. The molecule has 0 unspecified atom stereocenters. The van der Waals surface area contributed by atoms with Crippen LogP contribution in [0.4, 0.5) is 4.39 Å².